The van der Waals surface area contributed by atoms with Crippen molar-refractivity contribution < 1.29 is 10.2 Å². The molecule has 0 unspecified atom stereocenters. The summed E-state index contributed by atoms with van der Waals surface area (Å²) in [6.45, 7) is 9.54. The Kier molecular flexibility index (Phi) is 3.69. The first-order chi connectivity index (χ1) is 5.17. The highest BCUT2D eigenvalue weighted by molar-refractivity contribution is 4.93. The molecule has 0 fully saturated rings. The zero-order chi connectivity index (χ0) is 9.99. The summed E-state index contributed by atoms with van der Waals surface area (Å²) in [6, 6.07) is 0. The van der Waals surface area contributed by atoms with E-state index in [2.05, 4.69) is 5.32 Å². The topological polar surface area (TPSA) is 52.5 Å². The molecular formula is C9H21NO2. The third kappa shape index (κ3) is 3.52. The Bertz CT molecular complexity index is 136. The van der Waals surface area contributed by atoms with E-state index in [1.807, 2.05) is 13.8 Å². The summed E-state index contributed by atoms with van der Waals surface area (Å²) >= 11 is 0. The van der Waals surface area contributed by atoms with Gasteiger partial charge in [0.25, 0.3) is 0 Å². The van der Waals surface area contributed by atoms with Crippen LogP contribution >= 0.6 is 0 Å². The Balaban J connectivity index is 4.05. The van der Waals surface area contributed by atoms with Crippen molar-refractivity contribution in [3.63, 3.8) is 0 Å². The number of aliphatic hydroxyl groups excluding tert-OH is 1. The fourth-order valence-electron chi connectivity index (χ4n) is 0.619. The first kappa shape index (κ1) is 11.9. The molecule has 1 atom stereocenters. The second kappa shape index (κ2) is 3.73. The quantitative estimate of drug-likeness (QED) is 0.583. The van der Waals surface area contributed by atoms with E-state index in [4.69, 9.17) is 5.11 Å². The number of aliphatic hydroxyl groups is 2. The minimum Gasteiger partial charge on any atom is -0.392 e. The van der Waals surface area contributed by atoms with Crippen LogP contribution in [-0.4, -0.2) is 34.0 Å². The molecule has 0 aromatic carbocycles. The summed E-state index contributed by atoms with van der Waals surface area (Å²) in [5.74, 6) is 0. The molecule has 0 radical (unpaired) electrons. The van der Waals surface area contributed by atoms with Crippen molar-refractivity contribution in [3.05, 3.63) is 0 Å². The van der Waals surface area contributed by atoms with Gasteiger partial charge in [0.1, 0.15) is 0 Å². The maximum absolute atomic E-state index is 9.71. The van der Waals surface area contributed by atoms with Crippen molar-refractivity contribution in [2.75, 3.05) is 6.54 Å². The normalized spacial score (nSPS) is 16.2. The smallest absolute Gasteiger partial charge is 0.0767 e. The highest BCUT2D eigenvalue weighted by atomic mass is 16.3. The first-order valence-corrected chi connectivity index (χ1v) is 4.32. The van der Waals surface area contributed by atoms with Gasteiger partial charge in [-0.2, -0.15) is 0 Å². The molecule has 0 rings (SSSR count). The molecule has 3 nitrogen and oxygen atoms in total. The van der Waals surface area contributed by atoms with E-state index in [1.54, 1.807) is 20.8 Å². The second-order valence-electron chi connectivity index (χ2n) is 4.41. The van der Waals surface area contributed by atoms with Crippen LogP contribution in [0, 0.1) is 0 Å². The van der Waals surface area contributed by atoms with Crippen molar-refractivity contribution in [3.8, 4) is 0 Å². The fourth-order valence-corrected chi connectivity index (χ4v) is 0.619. The fraction of sp³-hybridized carbons (Fsp3) is 1.00. The van der Waals surface area contributed by atoms with Gasteiger partial charge in [0.15, 0.2) is 0 Å². The summed E-state index contributed by atoms with van der Waals surface area (Å²) in [7, 11) is 0. The number of nitrogens with one attached hydrogen (secondary N) is 1. The van der Waals surface area contributed by atoms with Crippen LogP contribution in [0.2, 0.25) is 0 Å². The van der Waals surface area contributed by atoms with Gasteiger partial charge in [0.2, 0.25) is 0 Å². The van der Waals surface area contributed by atoms with Crippen LogP contribution in [0.4, 0.5) is 0 Å². The third-order valence-corrected chi connectivity index (χ3v) is 2.37. The summed E-state index contributed by atoms with van der Waals surface area (Å²) in [6.07, 6.45) is -0.383. The second-order valence-corrected chi connectivity index (χ2v) is 4.41. The van der Waals surface area contributed by atoms with E-state index >= 15 is 0 Å². The molecule has 0 aromatic rings. The number of hydrogen-bond donors (Lipinski definition) is 3. The molecule has 12 heavy (non-hydrogen) atoms. The predicted molar refractivity (Wildman–Crippen MR) is 50.1 cm³/mol. The molecule has 3 N–H and O–H groups in total. The molecule has 3 heteroatoms. The Hall–Kier alpha value is -0.120. The van der Waals surface area contributed by atoms with Gasteiger partial charge in [-0.05, 0) is 34.6 Å². The van der Waals surface area contributed by atoms with Crippen molar-refractivity contribution in [1.82, 2.24) is 5.32 Å². The minimum absolute atomic E-state index is 0.383. The minimum atomic E-state index is -0.790. The Labute approximate surface area is 74.8 Å². The van der Waals surface area contributed by atoms with E-state index in [1.165, 1.54) is 0 Å². The SMILES string of the molecule is C[C@H](O)CNC(C)(C)C(C)(C)O. The molecule has 0 aliphatic carbocycles. The molecule has 0 saturated heterocycles. The van der Waals surface area contributed by atoms with Crippen LogP contribution in [0.15, 0.2) is 0 Å². The maximum Gasteiger partial charge on any atom is 0.0767 e. The Morgan fingerprint density at radius 2 is 1.67 bits per heavy atom. The van der Waals surface area contributed by atoms with Gasteiger partial charge >= 0.3 is 0 Å². The lowest BCUT2D eigenvalue weighted by Crippen LogP contribution is -2.57. The van der Waals surface area contributed by atoms with Gasteiger partial charge < -0.3 is 15.5 Å². The number of β-amino-alcohol motifs (C(OH)–C–C–N with tert-alkyl or cyclic N) is 1. The van der Waals surface area contributed by atoms with Gasteiger partial charge in [-0.3, -0.25) is 0 Å². The average Bonchev–Trinajstić information content (AvgIpc) is 1.81. The molecule has 0 aliphatic heterocycles. The molecule has 74 valence electrons. The zero-order valence-corrected chi connectivity index (χ0v) is 8.68. The molecule has 0 spiro atoms. The monoisotopic (exact) mass is 175 g/mol. The molecule has 0 aromatic heterocycles. The van der Waals surface area contributed by atoms with Gasteiger partial charge in [-0.15, -0.1) is 0 Å². The van der Waals surface area contributed by atoms with Crippen molar-refractivity contribution in [2.45, 2.75) is 51.9 Å². The largest absolute Gasteiger partial charge is 0.392 e. The Morgan fingerprint density at radius 1 is 1.25 bits per heavy atom. The first-order valence-electron chi connectivity index (χ1n) is 4.32. The van der Waals surface area contributed by atoms with E-state index in [0.717, 1.165) is 0 Å². The maximum atomic E-state index is 9.71. The lowest BCUT2D eigenvalue weighted by Gasteiger charge is -2.38. The standard InChI is InChI=1S/C9H21NO2/c1-7(11)6-10-8(2,3)9(4,5)12/h7,10-12H,6H2,1-5H3/t7-/m0/s1. The average molecular weight is 175 g/mol. The lowest BCUT2D eigenvalue weighted by molar-refractivity contribution is -0.00883. The summed E-state index contributed by atoms with van der Waals surface area (Å²) in [5.41, 5.74) is -1.17. The van der Waals surface area contributed by atoms with Crippen LogP contribution in [0.5, 0.6) is 0 Å². The van der Waals surface area contributed by atoms with Crippen molar-refractivity contribution in [2.24, 2.45) is 0 Å². The van der Waals surface area contributed by atoms with Crippen molar-refractivity contribution >= 4 is 0 Å². The highest BCUT2D eigenvalue weighted by Crippen LogP contribution is 2.19. The van der Waals surface area contributed by atoms with Gasteiger partial charge in [0.05, 0.1) is 11.7 Å². The summed E-state index contributed by atoms with van der Waals surface area (Å²) < 4.78 is 0. The number of hydrogen-bond acceptors (Lipinski definition) is 3. The van der Waals surface area contributed by atoms with E-state index in [9.17, 15) is 5.11 Å². The molecule has 0 amide bonds. The Morgan fingerprint density at radius 3 is 1.92 bits per heavy atom. The van der Waals surface area contributed by atoms with Gasteiger partial charge in [-0.25, -0.2) is 0 Å². The van der Waals surface area contributed by atoms with Crippen LogP contribution in [0.1, 0.15) is 34.6 Å². The lowest BCUT2D eigenvalue weighted by atomic mass is 9.86. The third-order valence-electron chi connectivity index (χ3n) is 2.37. The molecule has 0 aliphatic rings. The van der Waals surface area contributed by atoms with Crippen LogP contribution in [0.3, 0.4) is 0 Å². The van der Waals surface area contributed by atoms with Gasteiger partial charge in [0, 0.05) is 12.1 Å². The van der Waals surface area contributed by atoms with Crippen LogP contribution in [0.25, 0.3) is 0 Å². The molecule has 0 saturated carbocycles. The van der Waals surface area contributed by atoms with Crippen molar-refractivity contribution in [1.29, 1.82) is 0 Å². The van der Waals surface area contributed by atoms with Crippen LogP contribution < -0.4 is 5.32 Å². The van der Waals surface area contributed by atoms with Crippen LogP contribution in [-0.2, 0) is 0 Å². The predicted octanol–water partition coefficient (Wildman–Crippen LogP) is 0.506. The van der Waals surface area contributed by atoms with Gasteiger partial charge in [-0.1, -0.05) is 0 Å². The van der Waals surface area contributed by atoms with E-state index in [-0.39, 0.29) is 11.6 Å². The summed E-state index contributed by atoms with van der Waals surface area (Å²) in [4.78, 5) is 0. The summed E-state index contributed by atoms with van der Waals surface area (Å²) in [5, 5.41) is 21.8. The zero-order valence-electron chi connectivity index (χ0n) is 8.68. The molecule has 0 heterocycles. The number of rotatable bonds is 4. The highest BCUT2D eigenvalue weighted by Gasteiger charge is 2.34. The molecule has 0 bridgehead atoms. The molecular weight excluding hydrogens is 154 g/mol. The van der Waals surface area contributed by atoms with E-state index < -0.39 is 5.60 Å². The van der Waals surface area contributed by atoms with E-state index in [0.29, 0.717) is 6.54 Å².